The molecule has 4 aromatic heterocycles. The third-order valence-electron chi connectivity index (χ3n) is 9.40. The normalized spacial score (nSPS) is 29.6. The van der Waals surface area contributed by atoms with E-state index in [-0.39, 0.29) is 0 Å². The number of imidazole rings is 2. The van der Waals surface area contributed by atoms with Crippen LogP contribution in [0.4, 0.5) is 0 Å². The van der Waals surface area contributed by atoms with Gasteiger partial charge in [0.1, 0.15) is 12.1 Å². The molecule has 4 aromatic rings. The summed E-state index contributed by atoms with van der Waals surface area (Å²) < 4.78 is 1.95. The first-order valence-electron chi connectivity index (χ1n) is 14.1. The Labute approximate surface area is 224 Å². The van der Waals surface area contributed by atoms with Gasteiger partial charge in [0.25, 0.3) is 0 Å². The van der Waals surface area contributed by atoms with Crippen LogP contribution >= 0.6 is 0 Å². The minimum absolute atomic E-state index is 0.373. The zero-order valence-electron chi connectivity index (χ0n) is 22.0. The summed E-state index contributed by atoms with van der Waals surface area (Å²) in [6.07, 6.45) is 21.0. The number of aromatic amines is 1. The molecule has 0 spiro atoms. The highest BCUT2D eigenvalue weighted by molar-refractivity contribution is 5.53. The van der Waals surface area contributed by atoms with Gasteiger partial charge in [-0.25, -0.2) is 15.0 Å². The van der Waals surface area contributed by atoms with Crippen LogP contribution in [0.25, 0.3) is 17.2 Å². The average Bonchev–Trinajstić information content (AvgIpc) is 3.79. The number of hydrogen-bond acceptors (Lipinski definition) is 6. The molecular weight excluding hydrogens is 472 g/mol. The summed E-state index contributed by atoms with van der Waals surface area (Å²) in [5.41, 5.74) is 5.54. The molecule has 196 valence electrons. The highest BCUT2D eigenvalue weighted by Gasteiger charge is 2.43. The first-order valence-corrected chi connectivity index (χ1v) is 14.1. The van der Waals surface area contributed by atoms with Gasteiger partial charge in [-0.15, -0.1) is 0 Å². The SMILES string of the molecule is c1cn(-c2ccc(C34CCCN(CC3)C4)cn2)cn1.c1ncc(-c2ccc(C34CCCN(CC3)C4)cn2)[nH]1. The Morgan fingerprint density at radius 2 is 1.42 bits per heavy atom. The van der Waals surface area contributed by atoms with E-state index in [1.54, 1.807) is 18.9 Å². The lowest BCUT2D eigenvalue weighted by atomic mass is 9.75. The lowest BCUT2D eigenvalue weighted by molar-refractivity contribution is 0.243. The predicted octanol–water partition coefficient (Wildman–Crippen LogP) is 4.21. The molecule has 8 nitrogen and oxygen atoms in total. The van der Waals surface area contributed by atoms with Gasteiger partial charge in [0, 0.05) is 48.7 Å². The maximum atomic E-state index is 4.62. The Morgan fingerprint density at radius 1 is 0.711 bits per heavy atom. The number of piperidine rings is 2. The van der Waals surface area contributed by atoms with Crippen LogP contribution < -0.4 is 0 Å². The van der Waals surface area contributed by atoms with Crippen LogP contribution in [0.3, 0.4) is 0 Å². The molecule has 4 fully saturated rings. The van der Waals surface area contributed by atoms with Gasteiger partial charge in [-0.3, -0.25) is 9.55 Å². The zero-order valence-corrected chi connectivity index (χ0v) is 22.0. The van der Waals surface area contributed by atoms with Gasteiger partial charge in [0.05, 0.1) is 23.9 Å². The lowest BCUT2D eigenvalue weighted by Crippen LogP contribution is -2.36. The maximum Gasteiger partial charge on any atom is 0.137 e. The topological polar surface area (TPSA) is 78.8 Å². The molecule has 8 rings (SSSR count). The number of fused-ring (bicyclic) bond motifs is 4. The van der Waals surface area contributed by atoms with Gasteiger partial charge >= 0.3 is 0 Å². The average molecular weight is 509 g/mol. The van der Waals surface area contributed by atoms with Crippen LogP contribution in [0.2, 0.25) is 0 Å². The molecule has 4 aliphatic heterocycles. The molecular formula is C30H36N8. The molecule has 8 heteroatoms. The molecule has 0 amide bonds. The van der Waals surface area contributed by atoms with E-state index in [0.29, 0.717) is 10.8 Å². The van der Waals surface area contributed by atoms with Crippen molar-refractivity contribution in [2.45, 2.75) is 49.4 Å². The van der Waals surface area contributed by atoms with E-state index in [9.17, 15) is 0 Å². The lowest BCUT2D eigenvalue weighted by Gasteiger charge is -2.34. The molecule has 4 atom stereocenters. The van der Waals surface area contributed by atoms with E-state index < -0.39 is 0 Å². The van der Waals surface area contributed by atoms with Crippen LogP contribution in [0.1, 0.15) is 49.7 Å². The highest BCUT2D eigenvalue weighted by atomic mass is 15.2. The Balaban J connectivity index is 0.000000127. The largest absolute Gasteiger partial charge is 0.343 e. The Hall–Kier alpha value is -3.36. The summed E-state index contributed by atoms with van der Waals surface area (Å²) in [7, 11) is 0. The molecule has 0 radical (unpaired) electrons. The second-order valence-electron chi connectivity index (χ2n) is 11.6. The van der Waals surface area contributed by atoms with Crippen molar-refractivity contribution in [1.29, 1.82) is 0 Å². The summed E-state index contributed by atoms with van der Waals surface area (Å²) in [4.78, 5) is 25.6. The first kappa shape index (κ1) is 23.7. The summed E-state index contributed by atoms with van der Waals surface area (Å²) >= 11 is 0. The van der Waals surface area contributed by atoms with Crippen LogP contribution in [0, 0.1) is 0 Å². The second kappa shape index (κ2) is 9.75. The van der Waals surface area contributed by atoms with Gasteiger partial charge in [-0.1, -0.05) is 12.1 Å². The number of nitrogens with zero attached hydrogens (tertiary/aromatic N) is 7. The molecule has 0 saturated carbocycles. The standard InChI is InChI=1S/2C15H18N4/c1-4-15(5-8-18(7-1)11-15)13-2-3-14(17-10-13)19-9-6-16-12-19;1-4-15(5-7-19(6-1)10-15)12-2-3-13(17-8-12)14-9-16-11-18-14/h2-3,6,9-10,12H,1,4-5,7-8,11H2;2-3,8-9,11H,1,4-7,10H2,(H,16,18). The Morgan fingerprint density at radius 3 is 1.97 bits per heavy atom. The van der Waals surface area contributed by atoms with E-state index in [2.05, 4.69) is 71.4 Å². The van der Waals surface area contributed by atoms with Crippen molar-refractivity contribution in [3.05, 3.63) is 79.0 Å². The van der Waals surface area contributed by atoms with Crippen molar-refractivity contribution in [1.82, 2.24) is 39.3 Å². The fourth-order valence-corrected chi connectivity index (χ4v) is 7.26. The fraction of sp³-hybridized carbons (Fsp3) is 0.467. The van der Waals surface area contributed by atoms with Gasteiger partial charge < -0.3 is 14.8 Å². The monoisotopic (exact) mass is 508 g/mol. The van der Waals surface area contributed by atoms with E-state index in [0.717, 1.165) is 17.2 Å². The third kappa shape index (κ3) is 4.35. The number of hydrogen-bond donors (Lipinski definition) is 1. The van der Waals surface area contributed by atoms with E-state index >= 15 is 0 Å². The fourth-order valence-electron chi connectivity index (χ4n) is 7.26. The number of aromatic nitrogens is 6. The summed E-state index contributed by atoms with van der Waals surface area (Å²) in [6.45, 7) is 7.51. The molecule has 38 heavy (non-hydrogen) atoms. The highest BCUT2D eigenvalue weighted by Crippen LogP contribution is 2.43. The number of H-pyrrole nitrogens is 1. The molecule has 4 saturated heterocycles. The van der Waals surface area contributed by atoms with Crippen LogP contribution in [-0.2, 0) is 10.8 Å². The van der Waals surface area contributed by atoms with Crippen molar-refractivity contribution in [3.63, 3.8) is 0 Å². The van der Waals surface area contributed by atoms with Crippen molar-refractivity contribution in [2.24, 2.45) is 0 Å². The van der Waals surface area contributed by atoms with Crippen LogP contribution in [-0.4, -0.2) is 78.6 Å². The number of nitrogens with one attached hydrogen (secondary N) is 1. The van der Waals surface area contributed by atoms with Gasteiger partial charge in [0.15, 0.2) is 0 Å². The van der Waals surface area contributed by atoms with Crippen molar-refractivity contribution >= 4 is 0 Å². The van der Waals surface area contributed by atoms with E-state index in [1.165, 1.54) is 88.9 Å². The third-order valence-corrected chi connectivity index (χ3v) is 9.40. The molecule has 4 unspecified atom stereocenters. The minimum atomic E-state index is 0.373. The molecule has 8 heterocycles. The molecule has 1 N–H and O–H groups in total. The zero-order chi connectivity index (χ0) is 25.4. The molecule has 0 aromatic carbocycles. The van der Waals surface area contributed by atoms with E-state index in [1.807, 2.05) is 17.0 Å². The molecule has 0 aliphatic carbocycles. The minimum Gasteiger partial charge on any atom is -0.343 e. The predicted molar refractivity (Wildman–Crippen MR) is 147 cm³/mol. The van der Waals surface area contributed by atoms with Crippen LogP contribution in [0.15, 0.2) is 67.9 Å². The molecule has 4 aliphatic rings. The quantitative estimate of drug-likeness (QED) is 0.445. The van der Waals surface area contributed by atoms with Gasteiger partial charge in [-0.2, -0.15) is 0 Å². The Kier molecular flexibility index (Phi) is 6.09. The van der Waals surface area contributed by atoms with Gasteiger partial charge in [-0.05, 0) is 88.0 Å². The van der Waals surface area contributed by atoms with E-state index in [4.69, 9.17) is 0 Å². The second-order valence-corrected chi connectivity index (χ2v) is 11.6. The van der Waals surface area contributed by atoms with Crippen molar-refractivity contribution in [3.8, 4) is 17.2 Å². The molecule has 4 bridgehead atoms. The smallest absolute Gasteiger partial charge is 0.137 e. The number of pyridine rings is 2. The van der Waals surface area contributed by atoms with Crippen molar-refractivity contribution < 1.29 is 0 Å². The summed E-state index contributed by atoms with van der Waals surface area (Å²) in [5, 5.41) is 0. The number of rotatable bonds is 4. The van der Waals surface area contributed by atoms with Crippen molar-refractivity contribution in [2.75, 3.05) is 39.3 Å². The summed E-state index contributed by atoms with van der Waals surface area (Å²) in [5.74, 6) is 0.948. The Bertz CT molecular complexity index is 1220. The first-order chi connectivity index (χ1) is 18.7. The summed E-state index contributed by atoms with van der Waals surface area (Å²) in [6, 6.07) is 8.76. The van der Waals surface area contributed by atoms with Crippen LogP contribution in [0.5, 0.6) is 0 Å². The van der Waals surface area contributed by atoms with Gasteiger partial charge in [0.2, 0.25) is 0 Å². The maximum absolute atomic E-state index is 4.62.